The van der Waals surface area contributed by atoms with Crippen molar-refractivity contribution < 1.29 is 27.1 Å². The second-order valence-corrected chi connectivity index (χ2v) is 4.85. The number of nitrogens with one attached hydrogen (secondary N) is 2. The first kappa shape index (κ1) is 17.6. The molecule has 0 radical (unpaired) electrons. The molecule has 0 saturated heterocycles. The minimum atomic E-state index is -4.74. The van der Waals surface area contributed by atoms with Crippen molar-refractivity contribution in [3.05, 3.63) is 65.5 Å². The second-order valence-electron chi connectivity index (χ2n) is 4.85. The van der Waals surface area contributed by atoms with Gasteiger partial charge in [0, 0.05) is 13.1 Å². The third kappa shape index (κ3) is 6.15. The first-order valence-electron chi connectivity index (χ1n) is 6.93. The lowest BCUT2D eigenvalue weighted by Crippen LogP contribution is -2.34. The van der Waals surface area contributed by atoms with Crippen molar-refractivity contribution in [3.8, 4) is 5.75 Å². The quantitative estimate of drug-likeness (QED) is 0.814. The number of benzene rings is 2. The summed E-state index contributed by atoms with van der Waals surface area (Å²) in [6.07, 6.45) is -4.74. The zero-order valence-electron chi connectivity index (χ0n) is 12.4. The van der Waals surface area contributed by atoms with Gasteiger partial charge in [0.05, 0.1) is 0 Å². The average Bonchev–Trinajstić information content (AvgIpc) is 2.52. The van der Waals surface area contributed by atoms with Crippen molar-refractivity contribution >= 4 is 6.03 Å². The van der Waals surface area contributed by atoms with E-state index in [1.165, 1.54) is 36.4 Å². The predicted molar refractivity (Wildman–Crippen MR) is 78.6 cm³/mol. The van der Waals surface area contributed by atoms with E-state index in [-0.39, 0.29) is 24.7 Å². The highest BCUT2D eigenvalue weighted by atomic mass is 19.4. The maximum atomic E-state index is 12.7. The fourth-order valence-electron chi connectivity index (χ4n) is 1.84. The Balaban J connectivity index is 1.76. The van der Waals surface area contributed by atoms with Gasteiger partial charge in [-0.05, 0) is 35.4 Å². The molecule has 2 aromatic carbocycles. The third-order valence-corrected chi connectivity index (χ3v) is 2.98. The van der Waals surface area contributed by atoms with Crippen molar-refractivity contribution in [3.63, 3.8) is 0 Å². The Kier molecular flexibility index (Phi) is 5.62. The number of urea groups is 1. The summed E-state index contributed by atoms with van der Waals surface area (Å²) in [6.45, 7) is 0.367. The Hall–Kier alpha value is -2.77. The summed E-state index contributed by atoms with van der Waals surface area (Å²) in [6, 6.07) is 10.4. The van der Waals surface area contributed by atoms with Gasteiger partial charge in [-0.1, -0.05) is 24.3 Å². The molecule has 24 heavy (non-hydrogen) atoms. The monoisotopic (exact) mass is 342 g/mol. The molecule has 4 nitrogen and oxygen atoms in total. The van der Waals surface area contributed by atoms with E-state index >= 15 is 0 Å². The number of carbonyl (C=O) groups excluding carboxylic acids is 1. The van der Waals surface area contributed by atoms with Crippen LogP contribution >= 0.6 is 0 Å². The van der Waals surface area contributed by atoms with E-state index in [9.17, 15) is 22.4 Å². The fraction of sp³-hybridized carbons (Fsp3) is 0.188. The van der Waals surface area contributed by atoms with Crippen molar-refractivity contribution in [1.29, 1.82) is 0 Å². The molecular formula is C16H14F4N2O2. The topological polar surface area (TPSA) is 50.4 Å². The van der Waals surface area contributed by atoms with Crippen LogP contribution in [0.15, 0.2) is 48.5 Å². The Morgan fingerprint density at radius 2 is 1.33 bits per heavy atom. The highest BCUT2D eigenvalue weighted by molar-refractivity contribution is 5.73. The summed E-state index contributed by atoms with van der Waals surface area (Å²) in [5, 5.41) is 5.15. The maximum absolute atomic E-state index is 12.7. The van der Waals surface area contributed by atoms with Gasteiger partial charge in [-0.3, -0.25) is 0 Å². The first-order valence-corrected chi connectivity index (χ1v) is 6.93. The molecule has 0 aliphatic rings. The smallest absolute Gasteiger partial charge is 0.406 e. The van der Waals surface area contributed by atoms with Gasteiger partial charge in [-0.15, -0.1) is 13.2 Å². The summed E-state index contributed by atoms with van der Waals surface area (Å²) in [7, 11) is 0. The van der Waals surface area contributed by atoms with Crippen LogP contribution in [0.25, 0.3) is 0 Å². The molecule has 128 valence electrons. The van der Waals surface area contributed by atoms with Gasteiger partial charge in [-0.25, -0.2) is 9.18 Å². The molecule has 0 unspecified atom stereocenters. The van der Waals surface area contributed by atoms with Gasteiger partial charge in [0.2, 0.25) is 0 Å². The summed E-state index contributed by atoms with van der Waals surface area (Å²) in [4.78, 5) is 11.6. The molecule has 0 fully saturated rings. The summed E-state index contributed by atoms with van der Waals surface area (Å²) in [5.41, 5.74) is 1.35. The molecule has 0 bridgehead atoms. The summed E-state index contributed by atoms with van der Waals surface area (Å²) < 4.78 is 52.6. The fourth-order valence-corrected chi connectivity index (χ4v) is 1.84. The van der Waals surface area contributed by atoms with E-state index in [0.29, 0.717) is 5.56 Å². The Morgan fingerprint density at radius 3 is 1.79 bits per heavy atom. The van der Waals surface area contributed by atoms with E-state index in [1.54, 1.807) is 12.1 Å². The number of rotatable bonds is 5. The Labute approximate surface area is 135 Å². The number of hydrogen-bond donors (Lipinski definition) is 2. The standard InChI is InChI=1S/C16H14F4N2O2/c17-13-5-1-11(2-6-13)9-21-15(23)22-10-12-3-7-14(8-4-12)24-16(18,19)20/h1-8H,9-10H2,(H2,21,22,23). The van der Waals surface area contributed by atoms with Gasteiger partial charge in [0.1, 0.15) is 11.6 Å². The van der Waals surface area contributed by atoms with Crippen LogP contribution in [0.1, 0.15) is 11.1 Å². The van der Waals surface area contributed by atoms with Gasteiger partial charge >= 0.3 is 12.4 Å². The van der Waals surface area contributed by atoms with Crippen LogP contribution in [0.3, 0.4) is 0 Å². The maximum Gasteiger partial charge on any atom is 0.573 e. The summed E-state index contributed by atoms with van der Waals surface area (Å²) in [5.74, 6) is -0.687. The van der Waals surface area contributed by atoms with Crippen LogP contribution < -0.4 is 15.4 Å². The van der Waals surface area contributed by atoms with Crippen LogP contribution in [-0.4, -0.2) is 12.4 Å². The number of halogens is 4. The zero-order valence-corrected chi connectivity index (χ0v) is 12.4. The van der Waals surface area contributed by atoms with Crippen LogP contribution in [-0.2, 0) is 13.1 Å². The summed E-state index contributed by atoms with van der Waals surface area (Å²) >= 11 is 0. The Morgan fingerprint density at radius 1 is 0.875 bits per heavy atom. The zero-order chi connectivity index (χ0) is 17.6. The molecule has 2 N–H and O–H groups in total. The average molecular weight is 342 g/mol. The van der Waals surface area contributed by atoms with E-state index in [2.05, 4.69) is 15.4 Å². The van der Waals surface area contributed by atoms with E-state index < -0.39 is 12.4 Å². The molecule has 0 aromatic heterocycles. The number of carbonyl (C=O) groups is 1. The molecule has 0 heterocycles. The second kappa shape index (κ2) is 7.67. The van der Waals surface area contributed by atoms with Crippen LogP contribution in [0.4, 0.5) is 22.4 Å². The minimum absolute atomic E-state index is 0.140. The van der Waals surface area contributed by atoms with Crippen LogP contribution in [0.2, 0.25) is 0 Å². The Bertz CT molecular complexity index is 670. The van der Waals surface area contributed by atoms with E-state index in [4.69, 9.17) is 0 Å². The molecule has 2 rings (SSSR count). The van der Waals surface area contributed by atoms with Crippen LogP contribution in [0, 0.1) is 5.82 Å². The number of ether oxygens (including phenoxy) is 1. The lowest BCUT2D eigenvalue weighted by atomic mass is 10.2. The van der Waals surface area contributed by atoms with Gasteiger partial charge in [0.25, 0.3) is 0 Å². The highest BCUT2D eigenvalue weighted by Gasteiger charge is 2.30. The van der Waals surface area contributed by atoms with Crippen molar-refractivity contribution in [2.45, 2.75) is 19.5 Å². The van der Waals surface area contributed by atoms with Gasteiger partial charge < -0.3 is 15.4 Å². The molecular weight excluding hydrogens is 328 g/mol. The molecule has 8 heteroatoms. The minimum Gasteiger partial charge on any atom is -0.406 e. The first-order chi connectivity index (χ1) is 11.3. The number of amides is 2. The van der Waals surface area contributed by atoms with Crippen molar-refractivity contribution in [2.24, 2.45) is 0 Å². The molecule has 0 saturated carbocycles. The SMILES string of the molecule is O=C(NCc1ccc(F)cc1)NCc1ccc(OC(F)(F)F)cc1. The molecule has 0 aliphatic heterocycles. The molecule has 2 amide bonds. The van der Waals surface area contributed by atoms with Crippen LogP contribution in [0.5, 0.6) is 5.75 Å². The number of alkyl halides is 3. The molecule has 2 aromatic rings. The lowest BCUT2D eigenvalue weighted by molar-refractivity contribution is -0.274. The predicted octanol–water partition coefficient (Wildman–Crippen LogP) is 3.72. The highest BCUT2D eigenvalue weighted by Crippen LogP contribution is 2.22. The lowest BCUT2D eigenvalue weighted by Gasteiger charge is -2.10. The largest absolute Gasteiger partial charge is 0.573 e. The third-order valence-electron chi connectivity index (χ3n) is 2.98. The molecule has 0 spiro atoms. The van der Waals surface area contributed by atoms with Gasteiger partial charge in [-0.2, -0.15) is 0 Å². The van der Waals surface area contributed by atoms with Gasteiger partial charge in [0.15, 0.2) is 0 Å². The van der Waals surface area contributed by atoms with Crippen molar-refractivity contribution in [2.75, 3.05) is 0 Å². The molecule has 0 atom stereocenters. The molecule has 0 aliphatic carbocycles. The number of hydrogen-bond acceptors (Lipinski definition) is 2. The van der Waals surface area contributed by atoms with E-state index in [0.717, 1.165) is 5.56 Å². The normalized spacial score (nSPS) is 11.0. The van der Waals surface area contributed by atoms with Crippen molar-refractivity contribution in [1.82, 2.24) is 10.6 Å². The van der Waals surface area contributed by atoms with E-state index in [1.807, 2.05) is 0 Å².